The average Bonchev–Trinajstić information content (AvgIpc) is 3.25. The molecule has 4 rings (SSSR count). The summed E-state index contributed by atoms with van der Waals surface area (Å²) < 4.78 is 6.85. The van der Waals surface area contributed by atoms with Gasteiger partial charge in [-0.15, -0.1) is 11.3 Å². The third-order valence-electron chi connectivity index (χ3n) is 5.20. The predicted octanol–water partition coefficient (Wildman–Crippen LogP) is 1.10. The molecule has 0 aromatic carbocycles. The van der Waals surface area contributed by atoms with Crippen molar-refractivity contribution < 1.29 is 14.6 Å². The van der Waals surface area contributed by atoms with Crippen molar-refractivity contribution in [3.63, 3.8) is 0 Å². The smallest absolute Gasteiger partial charge is 0.267 e. The number of rotatable bonds is 7. The number of carbonyl (C=O) groups excluding carboxylic acids is 1. The van der Waals surface area contributed by atoms with E-state index in [4.69, 9.17) is 9.72 Å². The number of carboxylic acid groups (broad SMARTS) is 1. The number of carboxylic acids is 1. The number of ether oxygens (including phenoxy) is 1. The molecule has 0 radical (unpaired) electrons. The number of aliphatic carboxylic acids is 1. The number of pyridine rings is 1. The van der Waals surface area contributed by atoms with Crippen molar-refractivity contribution in [1.29, 1.82) is 0 Å². The molecule has 9 heteroatoms. The summed E-state index contributed by atoms with van der Waals surface area (Å²) in [5.74, 6) is -0.892. The highest BCUT2D eigenvalue weighted by molar-refractivity contribution is 7.09. The van der Waals surface area contributed by atoms with E-state index in [9.17, 15) is 14.7 Å². The molecule has 0 spiro atoms. The molecular weight excluding hydrogens is 416 g/mol. The molecule has 0 atom stereocenters. The van der Waals surface area contributed by atoms with Gasteiger partial charge in [0.15, 0.2) is 0 Å². The van der Waals surface area contributed by atoms with Gasteiger partial charge in [0, 0.05) is 31.1 Å². The van der Waals surface area contributed by atoms with Crippen molar-refractivity contribution in [3.8, 4) is 0 Å². The van der Waals surface area contributed by atoms with E-state index in [-0.39, 0.29) is 11.1 Å². The number of anilines is 1. The number of thiazole rings is 1. The lowest BCUT2D eigenvalue weighted by Gasteiger charge is -2.29. The fourth-order valence-electron chi connectivity index (χ4n) is 3.53. The molecule has 3 aromatic heterocycles. The highest BCUT2D eigenvalue weighted by atomic mass is 32.1. The Labute approximate surface area is 183 Å². The fraction of sp³-hybridized carbons (Fsp3) is 0.364. The summed E-state index contributed by atoms with van der Waals surface area (Å²) in [4.78, 5) is 35.3. The molecule has 0 N–H and O–H groups in total. The van der Waals surface area contributed by atoms with Crippen molar-refractivity contribution in [2.24, 2.45) is 0 Å². The molecule has 1 aliphatic heterocycles. The summed E-state index contributed by atoms with van der Waals surface area (Å²) in [6.07, 6.45) is 6.37. The van der Waals surface area contributed by atoms with E-state index in [0.717, 1.165) is 41.6 Å². The molecule has 1 aliphatic rings. The first-order valence-electron chi connectivity index (χ1n) is 10.3. The monoisotopic (exact) mass is 439 g/mol. The number of nitrogens with zero attached hydrogens (tertiary/aromatic N) is 4. The molecule has 31 heavy (non-hydrogen) atoms. The number of morpholine rings is 1. The molecule has 0 saturated carbocycles. The second-order valence-corrected chi connectivity index (χ2v) is 8.20. The van der Waals surface area contributed by atoms with Gasteiger partial charge >= 0.3 is 0 Å². The van der Waals surface area contributed by atoms with Crippen LogP contribution in [0.3, 0.4) is 0 Å². The van der Waals surface area contributed by atoms with Crippen LogP contribution in [0.4, 0.5) is 5.82 Å². The minimum absolute atomic E-state index is 0.228. The second-order valence-electron chi connectivity index (χ2n) is 7.26. The van der Waals surface area contributed by atoms with Gasteiger partial charge in [0.1, 0.15) is 11.5 Å². The molecule has 0 bridgehead atoms. The fourth-order valence-corrected chi connectivity index (χ4v) is 4.41. The number of hydrogen-bond acceptors (Lipinski definition) is 8. The molecular formula is C22H23N4O4S-. The van der Waals surface area contributed by atoms with Crippen LogP contribution < -0.4 is 15.6 Å². The molecule has 1 fully saturated rings. The first-order chi connectivity index (χ1) is 15.0. The number of hydrogen-bond donors (Lipinski definition) is 0. The normalized spacial score (nSPS) is 14.5. The Morgan fingerprint density at radius 3 is 2.81 bits per heavy atom. The molecule has 4 heterocycles. The van der Waals surface area contributed by atoms with E-state index >= 15 is 0 Å². The van der Waals surface area contributed by atoms with Gasteiger partial charge in [0.2, 0.25) is 0 Å². The molecule has 0 amide bonds. The Morgan fingerprint density at radius 2 is 2.10 bits per heavy atom. The van der Waals surface area contributed by atoms with E-state index in [1.54, 1.807) is 17.5 Å². The predicted molar refractivity (Wildman–Crippen MR) is 117 cm³/mol. The van der Waals surface area contributed by atoms with Gasteiger partial charge in [-0.1, -0.05) is 6.92 Å². The van der Waals surface area contributed by atoms with E-state index < -0.39 is 5.97 Å². The first kappa shape index (κ1) is 21.2. The van der Waals surface area contributed by atoms with Crippen LogP contribution in [0.5, 0.6) is 0 Å². The van der Waals surface area contributed by atoms with Crippen LogP contribution in [0.1, 0.15) is 28.8 Å². The van der Waals surface area contributed by atoms with Crippen molar-refractivity contribution in [1.82, 2.24) is 14.4 Å². The maximum absolute atomic E-state index is 13.1. The first-order valence-corrected chi connectivity index (χ1v) is 11.1. The lowest BCUT2D eigenvalue weighted by atomic mass is 10.1. The maximum atomic E-state index is 13.1. The molecule has 3 aromatic rings. The molecule has 0 unspecified atom stereocenters. The highest BCUT2D eigenvalue weighted by Crippen LogP contribution is 2.20. The van der Waals surface area contributed by atoms with Gasteiger partial charge in [-0.05, 0) is 42.7 Å². The lowest BCUT2D eigenvalue weighted by Crippen LogP contribution is -2.38. The van der Waals surface area contributed by atoms with Gasteiger partial charge in [0.25, 0.3) is 5.56 Å². The van der Waals surface area contributed by atoms with Gasteiger partial charge < -0.3 is 19.5 Å². The van der Waals surface area contributed by atoms with E-state index in [1.807, 2.05) is 17.0 Å². The van der Waals surface area contributed by atoms with Crippen molar-refractivity contribution in [2.45, 2.75) is 26.2 Å². The van der Waals surface area contributed by atoms with Crippen LogP contribution in [0, 0.1) is 0 Å². The van der Waals surface area contributed by atoms with Crippen LogP contribution in [-0.4, -0.2) is 46.6 Å². The maximum Gasteiger partial charge on any atom is 0.267 e. The highest BCUT2D eigenvalue weighted by Gasteiger charge is 2.19. The number of aryl methyl sites for hydroxylation is 3. The molecule has 8 nitrogen and oxygen atoms in total. The van der Waals surface area contributed by atoms with Gasteiger partial charge in [-0.25, -0.2) is 9.97 Å². The third kappa shape index (κ3) is 4.83. The zero-order valence-electron chi connectivity index (χ0n) is 17.2. The summed E-state index contributed by atoms with van der Waals surface area (Å²) in [6.45, 7) is 4.31. The zero-order chi connectivity index (χ0) is 21.8. The Balaban J connectivity index is 1.69. The molecule has 0 aliphatic carbocycles. The molecule has 162 valence electrons. The Kier molecular flexibility index (Phi) is 6.43. The minimum Gasteiger partial charge on any atom is -0.545 e. The van der Waals surface area contributed by atoms with E-state index in [2.05, 4.69) is 17.3 Å². The standard InChI is InChI=1S/C22H24N4O4S/c1-2-16-14-31-19(23-16)5-3-15-7-8-26-18(13-15)24-21(25-9-11-30-12-10-25)17(22(26)29)4-6-20(27)28/h4,6-8,13-14H,2-3,5,9-12H2,1H3,(H,27,28)/p-1/b6-4+. The zero-order valence-corrected chi connectivity index (χ0v) is 18.1. The minimum atomic E-state index is -1.36. The SMILES string of the molecule is CCc1csc(CCc2ccn3c(=O)c(/C=C/C(=O)[O-])c(N4CCOCC4)nc3c2)n1. The van der Waals surface area contributed by atoms with Crippen molar-refractivity contribution >= 4 is 34.8 Å². The Bertz CT molecular complexity index is 1180. The quantitative estimate of drug-likeness (QED) is 0.508. The summed E-state index contributed by atoms with van der Waals surface area (Å²) >= 11 is 1.67. The van der Waals surface area contributed by atoms with Crippen LogP contribution >= 0.6 is 11.3 Å². The van der Waals surface area contributed by atoms with Crippen molar-refractivity contribution in [3.05, 3.63) is 62.0 Å². The van der Waals surface area contributed by atoms with Crippen LogP contribution in [0.25, 0.3) is 11.7 Å². The van der Waals surface area contributed by atoms with Crippen molar-refractivity contribution in [2.75, 3.05) is 31.2 Å². The second kappa shape index (κ2) is 9.40. The summed E-state index contributed by atoms with van der Waals surface area (Å²) in [5, 5.41) is 14.1. The Morgan fingerprint density at radius 1 is 1.29 bits per heavy atom. The van der Waals surface area contributed by atoms with Gasteiger partial charge in [0.05, 0.1) is 35.4 Å². The number of fused-ring (bicyclic) bond motifs is 1. The van der Waals surface area contributed by atoms with Gasteiger partial charge in [-0.2, -0.15) is 0 Å². The summed E-state index contributed by atoms with van der Waals surface area (Å²) in [5.41, 5.74) is 2.61. The third-order valence-corrected chi connectivity index (χ3v) is 6.15. The molecule has 1 saturated heterocycles. The summed E-state index contributed by atoms with van der Waals surface area (Å²) in [6, 6.07) is 3.80. The topological polar surface area (TPSA) is 99.9 Å². The van der Waals surface area contributed by atoms with Crippen LogP contribution in [0.15, 0.2) is 34.6 Å². The lowest BCUT2D eigenvalue weighted by molar-refractivity contribution is -0.297. The van der Waals surface area contributed by atoms with Crippen LogP contribution in [0.2, 0.25) is 0 Å². The van der Waals surface area contributed by atoms with E-state index in [1.165, 1.54) is 10.5 Å². The van der Waals surface area contributed by atoms with E-state index in [0.29, 0.717) is 37.8 Å². The van der Waals surface area contributed by atoms with Gasteiger partial charge in [-0.3, -0.25) is 9.20 Å². The number of aromatic nitrogens is 3. The average molecular weight is 440 g/mol. The number of carbonyl (C=O) groups is 1. The summed E-state index contributed by atoms with van der Waals surface area (Å²) in [7, 11) is 0. The Hall–Kier alpha value is -3.04. The largest absolute Gasteiger partial charge is 0.545 e. The van der Waals surface area contributed by atoms with Crippen LogP contribution in [-0.2, 0) is 28.8 Å².